The van der Waals surface area contributed by atoms with Crippen LogP contribution in [0.1, 0.15) is 15.4 Å². The van der Waals surface area contributed by atoms with Crippen LogP contribution in [0.4, 0.5) is 0 Å². The molecule has 0 aliphatic heterocycles. The second-order valence-electron chi connectivity index (χ2n) is 4.20. The van der Waals surface area contributed by atoms with E-state index in [1.165, 1.54) is 4.90 Å². The number of para-hydroxylation sites is 1. The first-order valence-corrected chi connectivity index (χ1v) is 7.20. The van der Waals surface area contributed by atoms with Crippen LogP contribution in [0.5, 0.6) is 5.75 Å². The van der Waals surface area contributed by atoms with E-state index in [1.807, 2.05) is 31.2 Å². The van der Waals surface area contributed by atoms with Gasteiger partial charge < -0.3 is 9.64 Å². The number of aromatic nitrogens is 2. The summed E-state index contributed by atoms with van der Waals surface area (Å²) in [6, 6.07) is 7.76. The van der Waals surface area contributed by atoms with Gasteiger partial charge in [-0.05, 0) is 30.2 Å². The van der Waals surface area contributed by atoms with Gasteiger partial charge >= 0.3 is 0 Å². The fourth-order valence-electron chi connectivity index (χ4n) is 1.57. The van der Waals surface area contributed by atoms with E-state index < -0.39 is 0 Å². The van der Waals surface area contributed by atoms with E-state index in [4.69, 9.17) is 16.3 Å². The van der Waals surface area contributed by atoms with E-state index in [9.17, 15) is 4.79 Å². The average molecular weight is 312 g/mol. The maximum atomic E-state index is 12.0. The Bertz CT molecular complexity index is 603. The lowest BCUT2D eigenvalue weighted by molar-refractivity contribution is 0.0772. The van der Waals surface area contributed by atoms with Crippen molar-refractivity contribution in [3.63, 3.8) is 0 Å². The molecule has 7 heteroatoms. The number of rotatable bonds is 5. The Balaban J connectivity index is 1.85. The van der Waals surface area contributed by atoms with Gasteiger partial charge in [-0.25, -0.2) is 0 Å². The van der Waals surface area contributed by atoms with Gasteiger partial charge in [-0.15, -0.1) is 10.2 Å². The van der Waals surface area contributed by atoms with Crippen molar-refractivity contribution in [1.82, 2.24) is 15.1 Å². The first-order valence-electron chi connectivity index (χ1n) is 6.01. The van der Waals surface area contributed by atoms with Gasteiger partial charge in [-0.2, -0.15) is 0 Å². The van der Waals surface area contributed by atoms with Crippen LogP contribution >= 0.6 is 22.9 Å². The number of carbonyl (C=O) groups is 1. The number of aryl methyl sites for hydroxylation is 1. The third-order valence-electron chi connectivity index (χ3n) is 2.71. The minimum atomic E-state index is -0.206. The Hall–Kier alpha value is -1.66. The van der Waals surface area contributed by atoms with Crippen LogP contribution in [-0.2, 0) is 0 Å². The van der Waals surface area contributed by atoms with Crippen molar-refractivity contribution in [3.8, 4) is 5.75 Å². The lowest BCUT2D eigenvalue weighted by Gasteiger charge is -2.16. The van der Waals surface area contributed by atoms with Crippen molar-refractivity contribution in [3.05, 3.63) is 39.3 Å². The molecule has 20 heavy (non-hydrogen) atoms. The van der Waals surface area contributed by atoms with Gasteiger partial charge in [0.2, 0.25) is 9.47 Å². The number of carbonyl (C=O) groups excluding carboxylic acids is 1. The van der Waals surface area contributed by atoms with E-state index in [0.717, 1.165) is 22.6 Å². The minimum Gasteiger partial charge on any atom is -0.491 e. The SMILES string of the molecule is Cc1ccccc1OCCN(C)C(=O)c1nnc(Cl)s1. The lowest BCUT2D eigenvalue weighted by Crippen LogP contribution is -2.30. The Morgan fingerprint density at radius 2 is 2.15 bits per heavy atom. The number of nitrogens with zero attached hydrogens (tertiary/aromatic N) is 3. The molecular weight excluding hydrogens is 298 g/mol. The van der Waals surface area contributed by atoms with Gasteiger partial charge in [-0.1, -0.05) is 29.5 Å². The summed E-state index contributed by atoms with van der Waals surface area (Å²) in [7, 11) is 1.69. The van der Waals surface area contributed by atoms with Crippen molar-refractivity contribution in [2.45, 2.75) is 6.92 Å². The number of benzene rings is 1. The second kappa shape index (κ2) is 6.67. The molecule has 1 aromatic carbocycles. The standard InChI is InChI=1S/C13H14ClN3O2S/c1-9-5-3-4-6-10(9)19-8-7-17(2)12(18)11-15-16-13(14)20-11/h3-6H,7-8H2,1-2H3. The predicted molar refractivity (Wildman–Crippen MR) is 78.6 cm³/mol. The number of likely N-dealkylation sites (N-methyl/N-ethyl adjacent to an activating group) is 1. The lowest BCUT2D eigenvalue weighted by atomic mass is 10.2. The number of hydrogen-bond donors (Lipinski definition) is 0. The summed E-state index contributed by atoms with van der Waals surface area (Å²) in [6.07, 6.45) is 0. The molecule has 0 saturated heterocycles. The molecule has 0 N–H and O–H groups in total. The number of hydrogen-bond acceptors (Lipinski definition) is 5. The molecule has 0 spiro atoms. The zero-order valence-electron chi connectivity index (χ0n) is 11.2. The molecule has 1 heterocycles. The highest BCUT2D eigenvalue weighted by molar-refractivity contribution is 7.17. The van der Waals surface area contributed by atoms with Crippen molar-refractivity contribution < 1.29 is 9.53 Å². The third-order valence-corrected chi connectivity index (χ3v) is 3.71. The van der Waals surface area contributed by atoms with Gasteiger partial charge in [0.1, 0.15) is 12.4 Å². The molecule has 1 aromatic heterocycles. The quantitative estimate of drug-likeness (QED) is 0.852. The molecule has 106 valence electrons. The maximum Gasteiger partial charge on any atom is 0.284 e. The fourth-order valence-corrected chi connectivity index (χ4v) is 2.39. The van der Waals surface area contributed by atoms with Gasteiger partial charge in [0.25, 0.3) is 5.91 Å². The van der Waals surface area contributed by atoms with E-state index in [-0.39, 0.29) is 15.4 Å². The monoisotopic (exact) mass is 311 g/mol. The van der Waals surface area contributed by atoms with Crippen LogP contribution in [0.3, 0.4) is 0 Å². The van der Waals surface area contributed by atoms with Gasteiger partial charge in [-0.3, -0.25) is 4.79 Å². The predicted octanol–water partition coefficient (Wildman–Crippen LogP) is 2.65. The first-order chi connectivity index (χ1) is 9.58. The Kier molecular flexibility index (Phi) is 4.92. The summed E-state index contributed by atoms with van der Waals surface area (Å²) in [6.45, 7) is 2.86. The van der Waals surface area contributed by atoms with Crippen molar-refractivity contribution in [1.29, 1.82) is 0 Å². The average Bonchev–Trinajstić information content (AvgIpc) is 2.86. The maximum absolute atomic E-state index is 12.0. The molecule has 0 aliphatic rings. The Morgan fingerprint density at radius 1 is 1.40 bits per heavy atom. The van der Waals surface area contributed by atoms with Crippen LogP contribution in [0.25, 0.3) is 0 Å². The van der Waals surface area contributed by atoms with Crippen molar-refractivity contribution in [2.75, 3.05) is 20.2 Å². The summed E-state index contributed by atoms with van der Waals surface area (Å²) in [4.78, 5) is 13.5. The molecule has 0 fully saturated rings. The summed E-state index contributed by atoms with van der Waals surface area (Å²) in [5.41, 5.74) is 1.07. The number of amides is 1. The highest BCUT2D eigenvalue weighted by atomic mass is 35.5. The van der Waals surface area contributed by atoms with Crippen LogP contribution in [-0.4, -0.2) is 41.2 Å². The molecule has 0 unspecified atom stereocenters. The van der Waals surface area contributed by atoms with Crippen LogP contribution in [0, 0.1) is 6.92 Å². The van der Waals surface area contributed by atoms with Crippen LogP contribution in [0.15, 0.2) is 24.3 Å². The zero-order valence-corrected chi connectivity index (χ0v) is 12.7. The Labute approximate surface area is 126 Å². The minimum absolute atomic E-state index is 0.206. The largest absolute Gasteiger partial charge is 0.491 e. The molecule has 0 bridgehead atoms. The smallest absolute Gasteiger partial charge is 0.284 e. The summed E-state index contributed by atoms with van der Waals surface area (Å²) < 4.78 is 5.91. The summed E-state index contributed by atoms with van der Waals surface area (Å²) in [5, 5.41) is 7.62. The molecule has 0 radical (unpaired) electrons. The molecule has 0 atom stereocenters. The molecule has 2 aromatic rings. The molecule has 2 rings (SSSR count). The molecule has 0 aliphatic carbocycles. The first kappa shape index (κ1) is 14.7. The summed E-state index contributed by atoms with van der Waals surface area (Å²) >= 11 is 6.73. The topological polar surface area (TPSA) is 55.3 Å². The van der Waals surface area contributed by atoms with Crippen molar-refractivity contribution in [2.24, 2.45) is 0 Å². The van der Waals surface area contributed by atoms with Crippen molar-refractivity contribution >= 4 is 28.8 Å². The summed E-state index contributed by atoms with van der Waals surface area (Å²) in [5.74, 6) is 0.620. The van der Waals surface area contributed by atoms with E-state index in [2.05, 4.69) is 10.2 Å². The van der Waals surface area contributed by atoms with Gasteiger partial charge in [0, 0.05) is 7.05 Å². The number of ether oxygens (including phenoxy) is 1. The van der Waals surface area contributed by atoms with E-state index in [1.54, 1.807) is 7.05 Å². The molecule has 5 nitrogen and oxygen atoms in total. The molecule has 1 amide bonds. The molecule has 0 saturated carbocycles. The second-order valence-corrected chi connectivity index (χ2v) is 5.76. The number of halogens is 1. The van der Waals surface area contributed by atoms with E-state index >= 15 is 0 Å². The Morgan fingerprint density at radius 3 is 2.80 bits per heavy atom. The zero-order chi connectivity index (χ0) is 14.5. The van der Waals surface area contributed by atoms with Crippen LogP contribution in [0.2, 0.25) is 4.47 Å². The van der Waals surface area contributed by atoms with E-state index in [0.29, 0.717) is 13.2 Å². The van der Waals surface area contributed by atoms with Crippen LogP contribution < -0.4 is 4.74 Å². The molecular formula is C13H14ClN3O2S. The highest BCUT2D eigenvalue weighted by Crippen LogP contribution is 2.17. The van der Waals surface area contributed by atoms with Gasteiger partial charge in [0.15, 0.2) is 0 Å². The highest BCUT2D eigenvalue weighted by Gasteiger charge is 2.16. The third kappa shape index (κ3) is 3.68. The fraction of sp³-hybridized carbons (Fsp3) is 0.308. The normalized spacial score (nSPS) is 10.3. The van der Waals surface area contributed by atoms with Gasteiger partial charge in [0.05, 0.1) is 6.54 Å².